The average molecular weight is 330 g/mol. The minimum atomic E-state index is -4.72. The molecule has 0 saturated carbocycles. The molecule has 0 aliphatic heterocycles. The predicted octanol–water partition coefficient (Wildman–Crippen LogP) is 4.79. The fourth-order valence-electron chi connectivity index (χ4n) is 1.63. The maximum atomic E-state index is 12.1. The molecule has 0 heterocycles. The fraction of sp³-hybridized carbons (Fsp3) is 0.133. The Morgan fingerprint density at radius 2 is 1.86 bits per heavy atom. The van der Waals surface area contributed by atoms with E-state index in [2.05, 4.69) is 9.89 Å². The number of halogens is 4. The van der Waals surface area contributed by atoms with Crippen LogP contribution < -0.4 is 4.74 Å². The van der Waals surface area contributed by atoms with E-state index >= 15 is 0 Å². The highest BCUT2D eigenvalue weighted by atomic mass is 35.5. The molecule has 0 amide bonds. The summed E-state index contributed by atoms with van der Waals surface area (Å²) >= 11 is 5.82. The van der Waals surface area contributed by atoms with Crippen molar-refractivity contribution in [1.29, 1.82) is 0 Å². The summed E-state index contributed by atoms with van der Waals surface area (Å²) in [6.45, 7) is 0.0200. The quantitative estimate of drug-likeness (QED) is 0.583. The molecule has 0 unspecified atom stereocenters. The standard InChI is InChI=1S/C15H11ClF3NO2/c16-13-5-1-3-11(7-13)9-20-21-10-12-4-2-6-14(8-12)22-15(17,18)19/h1-9H,10H2. The molecule has 0 aromatic heterocycles. The summed E-state index contributed by atoms with van der Waals surface area (Å²) in [5, 5.41) is 4.31. The van der Waals surface area contributed by atoms with Crippen LogP contribution in [0.25, 0.3) is 0 Å². The number of alkyl halides is 3. The summed E-state index contributed by atoms with van der Waals surface area (Å²) in [5.74, 6) is -0.299. The van der Waals surface area contributed by atoms with Gasteiger partial charge in [0.1, 0.15) is 12.4 Å². The molecule has 0 spiro atoms. The molecule has 0 aliphatic carbocycles. The second kappa shape index (κ2) is 7.17. The molecule has 0 radical (unpaired) electrons. The summed E-state index contributed by atoms with van der Waals surface area (Å²) in [6.07, 6.45) is -3.26. The first-order valence-electron chi connectivity index (χ1n) is 6.18. The van der Waals surface area contributed by atoms with Crippen molar-refractivity contribution >= 4 is 17.8 Å². The Balaban J connectivity index is 1.90. The minimum Gasteiger partial charge on any atom is -0.406 e. The lowest BCUT2D eigenvalue weighted by atomic mass is 10.2. The minimum absolute atomic E-state index is 0.0200. The molecule has 0 fully saturated rings. The Morgan fingerprint density at radius 3 is 2.59 bits per heavy atom. The van der Waals surface area contributed by atoms with Crippen LogP contribution >= 0.6 is 11.6 Å². The predicted molar refractivity (Wildman–Crippen MR) is 77.0 cm³/mol. The van der Waals surface area contributed by atoms with Crippen molar-refractivity contribution < 1.29 is 22.7 Å². The lowest BCUT2D eigenvalue weighted by Gasteiger charge is -2.09. The highest BCUT2D eigenvalue weighted by Gasteiger charge is 2.31. The van der Waals surface area contributed by atoms with E-state index in [0.717, 1.165) is 5.56 Å². The van der Waals surface area contributed by atoms with E-state index in [1.807, 2.05) is 0 Å². The third-order valence-corrected chi connectivity index (χ3v) is 2.72. The van der Waals surface area contributed by atoms with Crippen molar-refractivity contribution in [1.82, 2.24) is 0 Å². The van der Waals surface area contributed by atoms with E-state index in [4.69, 9.17) is 16.4 Å². The SMILES string of the molecule is FC(F)(F)Oc1cccc(CON=Cc2cccc(Cl)c2)c1. The molecule has 22 heavy (non-hydrogen) atoms. The first kappa shape index (κ1) is 16.2. The Bertz CT molecular complexity index is 659. The molecule has 116 valence electrons. The molecule has 3 nitrogen and oxygen atoms in total. The van der Waals surface area contributed by atoms with Crippen LogP contribution in [-0.4, -0.2) is 12.6 Å². The molecule has 2 aromatic carbocycles. The first-order valence-corrected chi connectivity index (χ1v) is 6.56. The maximum Gasteiger partial charge on any atom is 0.573 e. The maximum absolute atomic E-state index is 12.1. The Hall–Kier alpha value is -2.21. The van der Waals surface area contributed by atoms with E-state index in [1.165, 1.54) is 24.4 Å². The van der Waals surface area contributed by atoms with Gasteiger partial charge in [0, 0.05) is 5.02 Å². The number of benzene rings is 2. The Morgan fingerprint density at radius 1 is 1.09 bits per heavy atom. The van der Waals surface area contributed by atoms with Crippen LogP contribution in [0.4, 0.5) is 13.2 Å². The third kappa shape index (κ3) is 5.65. The van der Waals surface area contributed by atoms with Crippen molar-refractivity contribution in [3.8, 4) is 5.75 Å². The average Bonchev–Trinajstić information content (AvgIpc) is 2.42. The van der Waals surface area contributed by atoms with Gasteiger partial charge in [-0.3, -0.25) is 0 Å². The molecule has 0 saturated heterocycles. The van der Waals surface area contributed by atoms with E-state index in [-0.39, 0.29) is 12.4 Å². The van der Waals surface area contributed by atoms with Gasteiger partial charge in [-0.1, -0.05) is 41.0 Å². The summed E-state index contributed by atoms with van der Waals surface area (Å²) < 4.78 is 40.2. The van der Waals surface area contributed by atoms with Gasteiger partial charge in [0.15, 0.2) is 0 Å². The summed E-state index contributed by atoms with van der Waals surface area (Å²) in [4.78, 5) is 5.04. The molecule has 0 bridgehead atoms. The molecule has 7 heteroatoms. The highest BCUT2D eigenvalue weighted by Crippen LogP contribution is 2.23. The number of hydrogen-bond donors (Lipinski definition) is 0. The highest BCUT2D eigenvalue weighted by molar-refractivity contribution is 6.30. The zero-order chi connectivity index (χ0) is 16.0. The fourth-order valence-corrected chi connectivity index (χ4v) is 1.83. The van der Waals surface area contributed by atoms with Gasteiger partial charge in [-0.25, -0.2) is 0 Å². The van der Waals surface area contributed by atoms with Crippen LogP contribution in [0.1, 0.15) is 11.1 Å². The van der Waals surface area contributed by atoms with Crippen LogP contribution in [0.15, 0.2) is 53.7 Å². The van der Waals surface area contributed by atoms with Gasteiger partial charge >= 0.3 is 6.36 Å². The zero-order valence-corrected chi connectivity index (χ0v) is 11.9. The lowest BCUT2D eigenvalue weighted by molar-refractivity contribution is -0.274. The van der Waals surface area contributed by atoms with Gasteiger partial charge in [0.05, 0.1) is 6.21 Å². The van der Waals surface area contributed by atoms with Gasteiger partial charge in [0.2, 0.25) is 0 Å². The van der Waals surface area contributed by atoms with Crippen LogP contribution in [-0.2, 0) is 11.4 Å². The molecular formula is C15H11ClF3NO2. The number of hydrogen-bond acceptors (Lipinski definition) is 3. The summed E-state index contributed by atoms with van der Waals surface area (Å²) in [5.41, 5.74) is 1.26. The van der Waals surface area contributed by atoms with E-state index in [1.54, 1.807) is 30.3 Å². The van der Waals surface area contributed by atoms with E-state index < -0.39 is 6.36 Å². The van der Waals surface area contributed by atoms with Gasteiger partial charge in [-0.15, -0.1) is 13.2 Å². The normalized spacial score (nSPS) is 11.6. The summed E-state index contributed by atoms with van der Waals surface area (Å²) in [7, 11) is 0. The van der Waals surface area contributed by atoms with E-state index in [0.29, 0.717) is 10.6 Å². The second-order valence-electron chi connectivity index (χ2n) is 4.26. The second-order valence-corrected chi connectivity index (χ2v) is 4.69. The Labute approximate surface area is 129 Å². The molecule has 0 aliphatic rings. The topological polar surface area (TPSA) is 30.8 Å². The number of nitrogens with zero attached hydrogens (tertiary/aromatic N) is 1. The monoisotopic (exact) mass is 329 g/mol. The number of ether oxygens (including phenoxy) is 1. The molecule has 2 aromatic rings. The molecule has 2 rings (SSSR count). The van der Waals surface area contributed by atoms with Crippen molar-refractivity contribution in [2.75, 3.05) is 0 Å². The van der Waals surface area contributed by atoms with Crippen LogP contribution in [0.5, 0.6) is 5.75 Å². The smallest absolute Gasteiger partial charge is 0.406 e. The zero-order valence-electron chi connectivity index (χ0n) is 11.2. The van der Waals surface area contributed by atoms with Crippen LogP contribution in [0.2, 0.25) is 5.02 Å². The molecule has 0 atom stereocenters. The Kier molecular flexibility index (Phi) is 5.27. The van der Waals surface area contributed by atoms with Crippen molar-refractivity contribution in [2.24, 2.45) is 5.16 Å². The third-order valence-electron chi connectivity index (χ3n) is 2.49. The van der Waals surface area contributed by atoms with Gasteiger partial charge in [-0.2, -0.15) is 0 Å². The van der Waals surface area contributed by atoms with Crippen LogP contribution in [0, 0.1) is 0 Å². The number of oxime groups is 1. The molecular weight excluding hydrogens is 319 g/mol. The van der Waals surface area contributed by atoms with Crippen molar-refractivity contribution in [3.05, 3.63) is 64.7 Å². The first-order chi connectivity index (χ1) is 10.4. The largest absolute Gasteiger partial charge is 0.573 e. The van der Waals surface area contributed by atoms with Crippen molar-refractivity contribution in [2.45, 2.75) is 13.0 Å². The van der Waals surface area contributed by atoms with Gasteiger partial charge < -0.3 is 9.57 Å². The van der Waals surface area contributed by atoms with Crippen LogP contribution in [0.3, 0.4) is 0 Å². The molecule has 0 N–H and O–H groups in total. The van der Waals surface area contributed by atoms with Crippen molar-refractivity contribution in [3.63, 3.8) is 0 Å². The summed E-state index contributed by atoms with van der Waals surface area (Å²) in [6, 6.07) is 12.5. The lowest BCUT2D eigenvalue weighted by Crippen LogP contribution is -2.17. The van der Waals surface area contributed by atoms with E-state index in [9.17, 15) is 13.2 Å². The number of rotatable bonds is 5. The van der Waals surface area contributed by atoms with Gasteiger partial charge in [-0.05, 0) is 35.4 Å². The van der Waals surface area contributed by atoms with Gasteiger partial charge in [0.25, 0.3) is 0 Å².